The van der Waals surface area contributed by atoms with Crippen molar-refractivity contribution in [3.8, 4) is 0 Å². The van der Waals surface area contributed by atoms with Crippen molar-refractivity contribution in [3.05, 3.63) is 36.8 Å². The van der Waals surface area contributed by atoms with Crippen LogP contribution in [0.25, 0.3) is 0 Å². The molecule has 18 heavy (non-hydrogen) atoms. The third-order valence-electron chi connectivity index (χ3n) is 3.04. The number of aryl methyl sites for hydroxylation is 1. The van der Waals surface area contributed by atoms with Gasteiger partial charge in [0.05, 0.1) is 5.56 Å². The molecule has 1 atom stereocenters. The van der Waals surface area contributed by atoms with E-state index in [1.807, 2.05) is 25.3 Å². The van der Waals surface area contributed by atoms with Gasteiger partial charge in [-0.2, -0.15) is 0 Å². The summed E-state index contributed by atoms with van der Waals surface area (Å²) in [7, 11) is 0. The molecule has 0 aromatic carbocycles. The number of carbonyl (C=O) groups is 1. The molecule has 0 fully saturated rings. The zero-order valence-electron chi connectivity index (χ0n) is 9.83. The number of fused-ring (bicyclic) bond motifs is 1. The van der Waals surface area contributed by atoms with Crippen molar-refractivity contribution in [2.75, 3.05) is 5.32 Å². The number of nitrogens with one attached hydrogen (secondary N) is 2. The number of halogens is 1. The second kappa shape index (κ2) is 4.36. The predicted octanol–water partition coefficient (Wildman–Crippen LogP) is 4.04. The van der Waals surface area contributed by atoms with Crippen LogP contribution in [-0.4, -0.2) is 5.91 Å². The van der Waals surface area contributed by atoms with Gasteiger partial charge in [0.1, 0.15) is 11.2 Å². The molecule has 0 aliphatic carbocycles. The van der Waals surface area contributed by atoms with Gasteiger partial charge in [-0.25, -0.2) is 0 Å². The number of thiophene rings is 2. The first-order valence-electron chi connectivity index (χ1n) is 5.47. The van der Waals surface area contributed by atoms with Gasteiger partial charge < -0.3 is 10.6 Å². The molecule has 3 heterocycles. The van der Waals surface area contributed by atoms with Gasteiger partial charge in [0.2, 0.25) is 0 Å². The van der Waals surface area contributed by atoms with Gasteiger partial charge in [-0.1, -0.05) is 0 Å². The van der Waals surface area contributed by atoms with Gasteiger partial charge in [0, 0.05) is 19.6 Å². The topological polar surface area (TPSA) is 41.1 Å². The molecule has 1 aliphatic rings. The quantitative estimate of drug-likeness (QED) is 0.820. The monoisotopic (exact) mass is 342 g/mol. The molecule has 0 spiro atoms. The van der Waals surface area contributed by atoms with E-state index in [1.165, 1.54) is 4.88 Å². The summed E-state index contributed by atoms with van der Waals surface area (Å²) in [5, 5.41) is 9.39. The highest BCUT2D eigenvalue weighted by molar-refractivity contribution is 9.10. The van der Waals surface area contributed by atoms with Crippen LogP contribution >= 0.6 is 38.6 Å². The van der Waals surface area contributed by atoms with Gasteiger partial charge in [-0.05, 0) is 41.4 Å². The van der Waals surface area contributed by atoms with E-state index in [9.17, 15) is 4.79 Å². The summed E-state index contributed by atoms with van der Waals surface area (Å²) < 4.78 is 1.04. The summed E-state index contributed by atoms with van der Waals surface area (Å²) in [5.41, 5.74) is 1.87. The van der Waals surface area contributed by atoms with Crippen LogP contribution in [0.5, 0.6) is 0 Å². The molecule has 1 unspecified atom stereocenters. The standard InChI is InChI=1S/C12H11BrN2OS2/c1-5-6(2)18-12-9(5)11(16)14-10(15-12)8-3-7(13)4-17-8/h3-4,10,15H,1-2H3,(H,14,16). The Morgan fingerprint density at radius 3 is 2.78 bits per heavy atom. The summed E-state index contributed by atoms with van der Waals surface area (Å²) in [4.78, 5) is 14.5. The van der Waals surface area contributed by atoms with Gasteiger partial charge in [0.25, 0.3) is 5.91 Å². The van der Waals surface area contributed by atoms with E-state index in [-0.39, 0.29) is 12.1 Å². The Morgan fingerprint density at radius 1 is 1.33 bits per heavy atom. The molecule has 1 aliphatic heterocycles. The van der Waals surface area contributed by atoms with Crippen LogP contribution in [0, 0.1) is 13.8 Å². The molecule has 0 saturated carbocycles. The highest BCUT2D eigenvalue weighted by Gasteiger charge is 2.29. The maximum absolute atomic E-state index is 12.2. The van der Waals surface area contributed by atoms with Crippen LogP contribution in [0.15, 0.2) is 15.9 Å². The molecule has 0 bridgehead atoms. The Hall–Kier alpha value is -0.850. The van der Waals surface area contributed by atoms with Crippen LogP contribution < -0.4 is 10.6 Å². The molecular weight excluding hydrogens is 332 g/mol. The van der Waals surface area contributed by atoms with Crippen LogP contribution in [-0.2, 0) is 0 Å². The molecule has 94 valence electrons. The first-order valence-corrected chi connectivity index (χ1v) is 7.96. The molecule has 0 radical (unpaired) electrons. The molecular formula is C12H11BrN2OS2. The summed E-state index contributed by atoms with van der Waals surface area (Å²) in [6.45, 7) is 4.04. The third kappa shape index (κ3) is 1.88. The summed E-state index contributed by atoms with van der Waals surface area (Å²) in [6, 6.07) is 2.03. The molecule has 6 heteroatoms. The van der Waals surface area contributed by atoms with Gasteiger partial charge in [0.15, 0.2) is 0 Å². The minimum atomic E-state index is -0.126. The lowest BCUT2D eigenvalue weighted by Gasteiger charge is -2.25. The first-order chi connectivity index (χ1) is 8.56. The van der Waals surface area contributed by atoms with Gasteiger partial charge in [-0.15, -0.1) is 22.7 Å². The minimum absolute atomic E-state index is 0.0140. The lowest BCUT2D eigenvalue weighted by atomic mass is 10.1. The van der Waals surface area contributed by atoms with E-state index in [4.69, 9.17) is 0 Å². The van der Waals surface area contributed by atoms with E-state index in [1.54, 1.807) is 22.7 Å². The van der Waals surface area contributed by atoms with Crippen molar-refractivity contribution in [2.24, 2.45) is 0 Å². The number of hydrogen-bond donors (Lipinski definition) is 2. The Morgan fingerprint density at radius 2 is 2.11 bits per heavy atom. The molecule has 2 aromatic heterocycles. The van der Waals surface area contributed by atoms with E-state index in [2.05, 4.69) is 26.6 Å². The Kier molecular flexibility index (Phi) is 2.96. The number of anilines is 1. The maximum Gasteiger partial charge on any atom is 0.256 e. The first kappa shape index (κ1) is 12.2. The number of hydrogen-bond acceptors (Lipinski definition) is 4. The molecule has 2 aromatic rings. The van der Waals surface area contributed by atoms with Gasteiger partial charge >= 0.3 is 0 Å². The largest absolute Gasteiger partial charge is 0.352 e. The van der Waals surface area contributed by atoms with Crippen LogP contribution in [0.1, 0.15) is 31.8 Å². The smallest absolute Gasteiger partial charge is 0.256 e. The zero-order chi connectivity index (χ0) is 12.9. The normalized spacial score (nSPS) is 18.2. The average molecular weight is 343 g/mol. The van der Waals surface area contributed by atoms with Crippen LogP contribution in [0.2, 0.25) is 0 Å². The molecule has 3 nitrogen and oxygen atoms in total. The minimum Gasteiger partial charge on any atom is -0.352 e. The molecule has 0 saturated heterocycles. The fourth-order valence-electron chi connectivity index (χ4n) is 1.99. The molecule has 2 N–H and O–H groups in total. The number of carbonyl (C=O) groups excluding carboxylic acids is 1. The third-order valence-corrected chi connectivity index (χ3v) is 5.93. The fraction of sp³-hybridized carbons (Fsp3) is 0.250. The van der Waals surface area contributed by atoms with Crippen molar-refractivity contribution >= 4 is 49.5 Å². The SMILES string of the molecule is Cc1sc2c(c1C)C(=O)NC(c1cc(Br)cs1)N2. The molecule has 3 rings (SSSR count). The fourth-order valence-corrected chi connectivity index (χ4v) is 4.52. The predicted molar refractivity (Wildman–Crippen MR) is 79.6 cm³/mol. The number of rotatable bonds is 1. The van der Waals surface area contributed by atoms with E-state index in [0.717, 1.165) is 25.5 Å². The van der Waals surface area contributed by atoms with E-state index >= 15 is 0 Å². The maximum atomic E-state index is 12.2. The average Bonchev–Trinajstić information content (AvgIpc) is 2.85. The second-order valence-electron chi connectivity index (χ2n) is 4.21. The van der Waals surface area contributed by atoms with Crippen LogP contribution in [0.4, 0.5) is 5.00 Å². The van der Waals surface area contributed by atoms with E-state index < -0.39 is 0 Å². The summed E-state index contributed by atoms with van der Waals surface area (Å²) >= 11 is 6.70. The van der Waals surface area contributed by atoms with Crippen molar-refractivity contribution in [2.45, 2.75) is 20.0 Å². The van der Waals surface area contributed by atoms with E-state index in [0.29, 0.717) is 0 Å². The Balaban J connectivity index is 1.99. The zero-order valence-corrected chi connectivity index (χ0v) is 13.1. The molecule has 1 amide bonds. The summed E-state index contributed by atoms with van der Waals surface area (Å²) in [6.07, 6.45) is -0.126. The van der Waals surface area contributed by atoms with Crippen molar-refractivity contribution in [1.82, 2.24) is 5.32 Å². The Bertz CT molecular complexity index is 632. The number of amides is 1. The van der Waals surface area contributed by atoms with Crippen molar-refractivity contribution in [1.29, 1.82) is 0 Å². The second-order valence-corrected chi connectivity index (χ2v) is 7.29. The van der Waals surface area contributed by atoms with Gasteiger partial charge in [-0.3, -0.25) is 4.79 Å². The highest BCUT2D eigenvalue weighted by atomic mass is 79.9. The lowest BCUT2D eigenvalue weighted by molar-refractivity contribution is 0.0936. The van der Waals surface area contributed by atoms with Crippen molar-refractivity contribution in [3.63, 3.8) is 0 Å². The lowest BCUT2D eigenvalue weighted by Crippen LogP contribution is -2.37. The van der Waals surface area contributed by atoms with Crippen LogP contribution in [0.3, 0.4) is 0 Å². The summed E-state index contributed by atoms with van der Waals surface area (Å²) in [5.74, 6) is 0.0140. The Labute approximate surface area is 121 Å². The van der Waals surface area contributed by atoms with Crippen molar-refractivity contribution < 1.29 is 4.79 Å². The highest BCUT2D eigenvalue weighted by Crippen LogP contribution is 2.38.